The predicted octanol–water partition coefficient (Wildman–Crippen LogP) is -3.06. The van der Waals surface area contributed by atoms with E-state index < -0.39 is 78.4 Å². The Balaban J connectivity index is 2.26. The lowest BCUT2D eigenvalue weighted by molar-refractivity contribution is -0.146. The normalized spacial score (nSPS) is 23.9. The average molecular weight is 511 g/mol. The second-order valence-corrected chi connectivity index (χ2v) is 9.25. The molecule has 200 valence electrons. The van der Waals surface area contributed by atoms with Crippen LogP contribution in [0.2, 0.25) is 0 Å². The average Bonchev–Trinajstić information content (AvgIpc) is 3.10. The van der Waals surface area contributed by atoms with Gasteiger partial charge in [-0.2, -0.15) is 0 Å². The van der Waals surface area contributed by atoms with E-state index in [9.17, 15) is 44.7 Å². The van der Waals surface area contributed by atoms with Gasteiger partial charge in [0.2, 0.25) is 17.7 Å². The molecule has 3 amide bonds. The minimum absolute atomic E-state index is 0.0440. The zero-order valence-electron chi connectivity index (χ0n) is 20.2. The van der Waals surface area contributed by atoms with Gasteiger partial charge in [-0.25, -0.2) is 0 Å². The first-order valence-electron chi connectivity index (χ1n) is 11.3. The first kappa shape index (κ1) is 29.1. The molecule has 1 heterocycles. The number of phenolic OH excluding ortho intramolecular Hbond substituents is 1. The van der Waals surface area contributed by atoms with Crippen LogP contribution in [-0.2, 0) is 19.2 Å². The van der Waals surface area contributed by atoms with Crippen molar-refractivity contribution in [3.63, 3.8) is 0 Å². The number of hydrogen-bond donors (Lipinski definition) is 8. The molecule has 0 radical (unpaired) electrons. The summed E-state index contributed by atoms with van der Waals surface area (Å²) < 4.78 is 0. The second-order valence-electron chi connectivity index (χ2n) is 9.25. The van der Waals surface area contributed by atoms with Gasteiger partial charge in [0, 0.05) is 12.5 Å². The third-order valence-corrected chi connectivity index (χ3v) is 6.34. The largest absolute Gasteiger partial charge is 0.508 e. The van der Waals surface area contributed by atoms with Crippen LogP contribution >= 0.6 is 0 Å². The van der Waals surface area contributed by atoms with E-state index in [0.29, 0.717) is 5.56 Å². The Kier molecular flexibility index (Phi) is 9.51. The summed E-state index contributed by atoms with van der Waals surface area (Å²) in [6, 6.07) is -0.818. The number of primary amides is 1. The Morgan fingerprint density at radius 3 is 2.33 bits per heavy atom. The highest BCUT2D eigenvalue weighted by atomic mass is 16.3. The number of likely N-dealkylation sites (tertiary alicyclic amines) is 1. The highest BCUT2D eigenvalue weighted by molar-refractivity contribution is 5.94. The summed E-state index contributed by atoms with van der Waals surface area (Å²) in [7, 11) is 0. The number of ketones is 1. The van der Waals surface area contributed by atoms with E-state index >= 15 is 0 Å². The molecule has 0 bridgehead atoms. The SMILES string of the molecule is CC(=O)C1C(O)C(C)CN1C(=O)C(NC(=O)C(N)C(O)C(O)c1ccc(O)c(C)c1)C(O)CC(N)=O. The molecule has 1 fully saturated rings. The van der Waals surface area contributed by atoms with Crippen LogP contribution in [-0.4, -0.2) is 96.9 Å². The van der Waals surface area contributed by atoms with E-state index in [2.05, 4.69) is 5.32 Å². The van der Waals surface area contributed by atoms with Crippen molar-refractivity contribution in [2.24, 2.45) is 17.4 Å². The number of hydrogen-bond acceptors (Lipinski definition) is 10. The lowest BCUT2D eigenvalue weighted by atomic mass is 9.96. The van der Waals surface area contributed by atoms with Crippen LogP contribution in [0, 0.1) is 12.8 Å². The summed E-state index contributed by atoms with van der Waals surface area (Å²) in [5.41, 5.74) is 11.5. The lowest BCUT2D eigenvalue weighted by Crippen LogP contribution is -2.61. The van der Waals surface area contributed by atoms with Crippen LogP contribution in [0.4, 0.5) is 0 Å². The van der Waals surface area contributed by atoms with E-state index in [1.165, 1.54) is 25.1 Å². The van der Waals surface area contributed by atoms with Crippen molar-refractivity contribution in [3.8, 4) is 5.75 Å². The molecular formula is C23H34N4O9. The molecule has 10 N–H and O–H groups in total. The first-order chi connectivity index (χ1) is 16.7. The third kappa shape index (κ3) is 6.36. The molecule has 0 aliphatic carbocycles. The maximum atomic E-state index is 13.3. The Morgan fingerprint density at radius 2 is 1.81 bits per heavy atom. The molecule has 1 aliphatic heterocycles. The molecule has 0 saturated carbocycles. The first-order valence-corrected chi connectivity index (χ1v) is 11.3. The molecule has 0 spiro atoms. The number of nitrogens with one attached hydrogen (secondary N) is 1. The van der Waals surface area contributed by atoms with Crippen molar-refractivity contribution in [2.75, 3.05) is 6.54 Å². The number of aliphatic hydroxyl groups is 4. The monoisotopic (exact) mass is 510 g/mol. The quantitative estimate of drug-likeness (QED) is 0.158. The van der Waals surface area contributed by atoms with Crippen molar-refractivity contribution >= 4 is 23.5 Å². The predicted molar refractivity (Wildman–Crippen MR) is 125 cm³/mol. The minimum atomic E-state index is -1.86. The summed E-state index contributed by atoms with van der Waals surface area (Å²) in [6.45, 7) is 4.29. The van der Waals surface area contributed by atoms with Gasteiger partial charge in [0.25, 0.3) is 0 Å². The summed E-state index contributed by atoms with van der Waals surface area (Å²) in [6.07, 6.45) is -7.22. The lowest BCUT2D eigenvalue weighted by Gasteiger charge is -2.32. The fourth-order valence-electron chi connectivity index (χ4n) is 4.20. The van der Waals surface area contributed by atoms with Crippen LogP contribution in [0.25, 0.3) is 0 Å². The number of carbonyl (C=O) groups is 4. The van der Waals surface area contributed by atoms with E-state index in [1.54, 1.807) is 13.8 Å². The number of Topliss-reactive ketones (excluding diaryl/α,β-unsaturated/α-hetero) is 1. The highest BCUT2D eigenvalue weighted by Gasteiger charge is 2.47. The molecule has 36 heavy (non-hydrogen) atoms. The molecular weight excluding hydrogens is 476 g/mol. The number of aromatic hydroxyl groups is 1. The summed E-state index contributed by atoms with van der Waals surface area (Å²) in [4.78, 5) is 50.6. The van der Waals surface area contributed by atoms with Gasteiger partial charge in [-0.05, 0) is 37.1 Å². The Morgan fingerprint density at radius 1 is 1.19 bits per heavy atom. The molecule has 1 aliphatic rings. The van der Waals surface area contributed by atoms with Gasteiger partial charge < -0.3 is 47.2 Å². The molecule has 13 nitrogen and oxygen atoms in total. The number of nitrogens with two attached hydrogens (primary N) is 2. The molecule has 8 atom stereocenters. The van der Waals surface area contributed by atoms with E-state index in [0.717, 1.165) is 4.90 Å². The Bertz CT molecular complexity index is 1000. The minimum Gasteiger partial charge on any atom is -0.508 e. The van der Waals surface area contributed by atoms with Crippen molar-refractivity contribution in [2.45, 2.75) is 69.7 Å². The van der Waals surface area contributed by atoms with Crippen molar-refractivity contribution in [3.05, 3.63) is 29.3 Å². The fraction of sp³-hybridized carbons (Fsp3) is 0.565. The van der Waals surface area contributed by atoms with E-state index in [1.807, 2.05) is 0 Å². The smallest absolute Gasteiger partial charge is 0.248 e. The van der Waals surface area contributed by atoms with Crippen molar-refractivity contribution < 1.29 is 44.7 Å². The molecule has 13 heteroatoms. The molecule has 2 rings (SSSR count). The molecule has 0 aromatic heterocycles. The van der Waals surface area contributed by atoms with Crippen LogP contribution in [0.15, 0.2) is 18.2 Å². The molecule has 8 unspecified atom stereocenters. The Labute approximate surface area is 207 Å². The van der Waals surface area contributed by atoms with Gasteiger partial charge in [-0.1, -0.05) is 13.0 Å². The van der Waals surface area contributed by atoms with E-state index in [4.69, 9.17) is 11.5 Å². The highest BCUT2D eigenvalue weighted by Crippen LogP contribution is 2.27. The standard InChI is InChI=1S/C23H34N4O9/c1-9-6-12(4-5-13(9)29)20(33)21(34)16(25)22(35)26-17(14(30)7-15(24)31)23(36)27-8-10(2)19(32)18(27)11(3)28/h4-6,10,14,16-21,29-30,32-34H,7-8,25H2,1-3H3,(H2,24,31)(H,26,35). The fourth-order valence-corrected chi connectivity index (χ4v) is 4.20. The van der Waals surface area contributed by atoms with Crippen LogP contribution < -0.4 is 16.8 Å². The number of aryl methyl sites for hydroxylation is 1. The zero-order chi connectivity index (χ0) is 27.5. The van der Waals surface area contributed by atoms with Crippen molar-refractivity contribution in [1.29, 1.82) is 0 Å². The second kappa shape index (κ2) is 11.8. The molecule has 1 aromatic rings. The number of nitrogens with zero attached hydrogens (tertiary/aromatic N) is 1. The van der Waals surface area contributed by atoms with Gasteiger partial charge in [-0.3, -0.25) is 19.2 Å². The number of benzene rings is 1. The topological polar surface area (TPSA) is 237 Å². The maximum Gasteiger partial charge on any atom is 0.248 e. The maximum absolute atomic E-state index is 13.3. The van der Waals surface area contributed by atoms with Gasteiger partial charge >= 0.3 is 0 Å². The van der Waals surface area contributed by atoms with Gasteiger partial charge in [-0.15, -0.1) is 0 Å². The molecule has 1 aromatic carbocycles. The Hall–Kier alpha value is -3.10. The van der Waals surface area contributed by atoms with Gasteiger partial charge in [0.05, 0.1) is 18.6 Å². The molecule has 1 saturated heterocycles. The van der Waals surface area contributed by atoms with Crippen LogP contribution in [0.1, 0.15) is 37.5 Å². The zero-order valence-corrected chi connectivity index (χ0v) is 20.2. The van der Waals surface area contributed by atoms with Gasteiger partial charge in [0.15, 0.2) is 5.78 Å². The summed E-state index contributed by atoms with van der Waals surface area (Å²) >= 11 is 0. The van der Waals surface area contributed by atoms with Gasteiger partial charge in [0.1, 0.15) is 36.1 Å². The van der Waals surface area contributed by atoms with Crippen LogP contribution in [0.5, 0.6) is 5.75 Å². The summed E-state index contributed by atoms with van der Waals surface area (Å²) in [5, 5.41) is 53.6. The number of rotatable bonds is 10. The number of phenols is 1. The number of carbonyl (C=O) groups excluding carboxylic acids is 4. The van der Waals surface area contributed by atoms with Crippen molar-refractivity contribution in [1.82, 2.24) is 10.2 Å². The number of amides is 3. The van der Waals surface area contributed by atoms with E-state index in [-0.39, 0.29) is 17.9 Å². The summed E-state index contributed by atoms with van der Waals surface area (Å²) in [5.74, 6) is -4.13. The van der Waals surface area contributed by atoms with Crippen LogP contribution in [0.3, 0.4) is 0 Å². The third-order valence-electron chi connectivity index (χ3n) is 6.34. The number of aliphatic hydroxyl groups excluding tert-OH is 4.